The van der Waals surface area contributed by atoms with Gasteiger partial charge in [0.2, 0.25) is 0 Å². The summed E-state index contributed by atoms with van der Waals surface area (Å²) in [5.41, 5.74) is 8.91. The lowest BCUT2D eigenvalue weighted by atomic mass is 10.1. The molecule has 2 aromatic rings. The molecule has 1 heterocycles. The number of carbonyl (C=O) groups excluding carboxylic acids is 1. The Hall–Kier alpha value is -1.95. The Bertz CT molecular complexity index is 624. The van der Waals surface area contributed by atoms with Gasteiger partial charge >= 0.3 is 0 Å². The van der Waals surface area contributed by atoms with Gasteiger partial charge in [0, 0.05) is 10.6 Å². The predicted molar refractivity (Wildman–Crippen MR) is 73.6 cm³/mol. The molecule has 0 saturated heterocycles. The second-order valence-electron chi connectivity index (χ2n) is 4.24. The van der Waals surface area contributed by atoms with Crippen molar-refractivity contribution >= 4 is 22.9 Å². The van der Waals surface area contributed by atoms with Crippen molar-refractivity contribution in [2.45, 2.75) is 20.4 Å². The molecule has 0 spiro atoms. The van der Waals surface area contributed by atoms with Crippen LogP contribution in [0.5, 0.6) is 0 Å². The lowest BCUT2D eigenvalue weighted by molar-refractivity contribution is 0.0947. The standard InChI is InChI=1S/C13H14FN3OS/c1-7-3-9(15)4-10(12(7)14)13(18)16-5-11-8(2)17-6-19-11/h3-4,6H,5,15H2,1-2H3,(H,16,18). The lowest BCUT2D eigenvalue weighted by Crippen LogP contribution is -2.24. The van der Waals surface area contributed by atoms with Crippen molar-refractivity contribution in [3.63, 3.8) is 0 Å². The summed E-state index contributed by atoms with van der Waals surface area (Å²) >= 11 is 1.45. The summed E-state index contributed by atoms with van der Waals surface area (Å²) in [6, 6.07) is 2.84. The Morgan fingerprint density at radius 3 is 2.84 bits per heavy atom. The molecular weight excluding hydrogens is 265 g/mol. The number of halogens is 1. The summed E-state index contributed by atoms with van der Waals surface area (Å²) < 4.78 is 13.9. The fourth-order valence-electron chi connectivity index (χ4n) is 1.71. The molecule has 0 atom stereocenters. The van der Waals surface area contributed by atoms with Gasteiger partial charge in [-0.25, -0.2) is 9.37 Å². The Labute approximate surface area is 114 Å². The Balaban J connectivity index is 2.15. The normalized spacial score (nSPS) is 10.5. The third-order valence-electron chi connectivity index (χ3n) is 2.78. The van der Waals surface area contributed by atoms with Crippen LogP contribution in [-0.4, -0.2) is 10.9 Å². The minimum absolute atomic E-state index is 0.0281. The average Bonchev–Trinajstić information content (AvgIpc) is 2.76. The number of aryl methyl sites for hydroxylation is 2. The number of rotatable bonds is 3. The summed E-state index contributed by atoms with van der Waals surface area (Å²) in [5.74, 6) is -1.01. The minimum Gasteiger partial charge on any atom is -0.399 e. The van der Waals surface area contributed by atoms with Crippen LogP contribution in [0, 0.1) is 19.7 Å². The largest absolute Gasteiger partial charge is 0.399 e. The third kappa shape index (κ3) is 2.90. The molecule has 0 radical (unpaired) electrons. The van der Waals surface area contributed by atoms with Crippen LogP contribution in [0.4, 0.5) is 10.1 Å². The Morgan fingerprint density at radius 2 is 2.21 bits per heavy atom. The highest BCUT2D eigenvalue weighted by Crippen LogP contribution is 2.17. The highest BCUT2D eigenvalue weighted by atomic mass is 32.1. The molecule has 100 valence electrons. The molecule has 0 aliphatic rings. The summed E-state index contributed by atoms with van der Waals surface area (Å²) in [5, 5.41) is 2.67. The first kappa shape index (κ1) is 13.5. The number of benzene rings is 1. The second-order valence-corrected chi connectivity index (χ2v) is 5.18. The second kappa shape index (κ2) is 5.36. The highest BCUT2D eigenvalue weighted by molar-refractivity contribution is 7.09. The van der Waals surface area contributed by atoms with E-state index in [-0.39, 0.29) is 5.56 Å². The van der Waals surface area contributed by atoms with Gasteiger partial charge < -0.3 is 11.1 Å². The molecule has 0 aliphatic heterocycles. The maximum Gasteiger partial charge on any atom is 0.254 e. The van der Waals surface area contributed by atoms with Crippen LogP contribution in [0.3, 0.4) is 0 Å². The van der Waals surface area contributed by atoms with Gasteiger partial charge in [-0.1, -0.05) is 0 Å². The van der Waals surface area contributed by atoms with Crippen molar-refractivity contribution in [2.24, 2.45) is 0 Å². The molecule has 0 unspecified atom stereocenters. The first-order valence-electron chi connectivity index (χ1n) is 5.72. The number of nitrogen functional groups attached to an aromatic ring is 1. The highest BCUT2D eigenvalue weighted by Gasteiger charge is 2.15. The maximum atomic E-state index is 13.9. The summed E-state index contributed by atoms with van der Waals surface area (Å²) in [7, 11) is 0. The molecule has 0 saturated carbocycles. The number of amides is 1. The fourth-order valence-corrected chi connectivity index (χ4v) is 2.43. The molecule has 0 aliphatic carbocycles. The molecular formula is C13H14FN3OS. The van der Waals surface area contributed by atoms with E-state index in [9.17, 15) is 9.18 Å². The molecule has 4 nitrogen and oxygen atoms in total. The zero-order valence-corrected chi connectivity index (χ0v) is 11.5. The summed E-state index contributed by atoms with van der Waals surface area (Å²) in [6.45, 7) is 3.78. The molecule has 2 rings (SSSR count). The monoisotopic (exact) mass is 279 g/mol. The SMILES string of the molecule is Cc1cc(N)cc(C(=O)NCc2scnc2C)c1F. The number of aromatic nitrogens is 1. The van der Waals surface area contributed by atoms with Crippen molar-refractivity contribution in [2.75, 3.05) is 5.73 Å². The van der Waals surface area contributed by atoms with Crippen LogP contribution < -0.4 is 11.1 Å². The molecule has 0 bridgehead atoms. The maximum absolute atomic E-state index is 13.9. The molecule has 6 heteroatoms. The van der Waals surface area contributed by atoms with Crippen LogP contribution in [0.15, 0.2) is 17.6 Å². The van der Waals surface area contributed by atoms with Crippen molar-refractivity contribution < 1.29 is 9.18 Å². The van der Waals surface area contributed by atoms with E-state index < -0.39 is 11.7 Å². The van der Waals surface area contributed by atoms with Crippen molar-refractivity contribution in [3.05, 3.63) is 45.2 Å². The number of hydrogen-bond donors (Lipinski definition) is 2. The van der Waals surface area contributed by atoms with Crippen molar-refractivity contribution in [1.29, 1.82) is 0 Å². The van der Waals surface area contributed by atoms with Gasteiger partial charge in [-0.05, 0) is 31.5 Å². The first-order chi connectivity index (χ1) is 8.99. The summed E-state index contributed by atoms with van der Waals surface area (Å²) in [6.07, 6.45) is 0. The van der Waals surface area contributed by atoms with E-state index in [1.165, 1.54) is 23.5 Å². The van der Waals surface area contributed by atoms with Gasteiger partial charge in [-0.2, -0.15) is 0 Å². The van der Waals surface area contributed by atoms with E-state index in [0.717, 1.165) is 10.6 Å². The molecule has 1 aromatic heterocycles. The third-order valence-corrected chi connectivity index (χ3v) is 3.71. The lowest BCUT2D eigenvalue weighted by Gasteiger charge is -2.08. The zero-order valence-electron chi connectivity index (χ0n) is 10.7. The molecule has 3 N–H and O–H groups in total. The molecule has 1 amide bonds. The minimum atomic E-state index is -0.535. The number of carbonyl (C=O) groups is 1. The number of nitrogens with one attached hydrogen (secondary N) is 1. The topological polar surface area (TPSA) is 68.0 Å². The van der Waals surface area contributed by atoms with E-state index in [2.05, 4.69) is 10.3 Å². The number of anilines is 1. The van der Waals surface area contributed by atoms with Gasteiger partial charge in [0.15, 0.2) is 0 Å². The smallest absolute Gasteiger partial charge is 0.254 e. The predicted octanol–water partition coefficient (Wildman–Crippen LogP) is 2.41. The van der Waals surface area contributed by atoms with Crippen LogP contribution >= 0.6 is 11.3 Å². The van der Waals surface area contributed by atoms with Gasteiger partial charge in [0.25, 0.3) is 5.91 Å². The zero-order chi connectivity index (χ0) is 14.0. The number of thiazole rings is 1. The van der Waals surface area contributed by atoms with E-state index >= 15 is 0 Å². The Morgan fingerprint density at radius 1 is 1.47 bits per heavy atom. The average molecular weight is 279 g/mol. The van der Waals surface area contributed by atoms with E-state index in [1.54, 1.807) is 12.4 Å². The van der Waals surface area contributed by atoms with Crippen LogP contribution in [0.1, 0.15) is 26.5 Å². The Kier molecular flexibility index (Phi) is 3.80. The van der Waals surface area contributed by atoms with E-state index in [4.69, 9.17) is 5.73 Å². The van der Waals surface area contributed by atoms with Gasteiger partial charge in [-0.3, -0.25) is 4.79 Å². The number of nitrogens with zero attached hydrogens (tertiary/aromatic N) is 1. The van der Waals surface area contributed by atoms with Crippen molar-refractivity contribution in [3.8, 4) is 0 Å². The van der Waals surface area contributed by atoms with Gasteiger partial charge in [-0.15, -0.1) is 11.3 Å². The van der Waals surface area contributed by atoms with Gasteiger partial charge in [0.05, 0.1) is 23.3 Å². The number of nitrogens with two attached hydrogens (primary N) is 1. The van der Waals surface area contributed by atoms with Crippen LogP contribution in [0.25, 0.3) is 0 Å². The van der Waals surface area contributed by atoms with Crippen LogP contribution in [0.2, 0.25) is 0 Å². The first-order valence-corrected chi connectivity index (χ1v) is 6.59. The van der Waals surface area contributed by atoms with Crippen molar-refractivity contribution in [1.82, 2.24) is 10.3 Å². The molecule has 19 heavy (non-hydrogen) atoms. The van der Waals surface area contributed by atoms with Gasteiger partial charge in [0.1, 0.15) is 5.82 Å². The molecule has 1 aromatic carbocycles. The van der Waals surface area contributed by atoms with Crippen LogP contribution in [-0.2, 0) is 6.54 Å². The van der Waals surface area contributed by atoms with E-state index in [1.807, 2.05) is 6.92 Å². The van der Waals surface area contributed by atoms with E-state index in [0.29, 0.717) is 17.8 Å². The summed E-state index contributed by atoms with van der Waals surface area (Å²) in [4.78, 5) is 17.0. The quantitative estimate of drug-likeness (QED) is 0.848. The molecule has 0 fully saturated rings. The fraction of sp³-hybridized carbons (Fsp3) is 0.231. The number of hydrogen-bond acceptors (Lipinski definition) is 4.